The normalized spacial score (nSPS) is 13.4. The van der Waals surface area contributed by atoms with Crippen molar-refractivity contribution in [3.05, 3.63) is 83.7 Å². The van der Waals surface area contributed by atoms with Crippen LogP contribution in [0.4, 0.5) is 15.2 Å². The minimum absolute atomic E-state index is 0.127. The SMILES string of the molecule is CN(C)CCCN(C(=O)c1ccc(S(=O)(=O)N2CCc3ccccc32)cc1)c1nc2c(F)cccc2s1. The molecule has 0 saturated carbocycles. The maximum Gasteiger partial charge on any atom is 0.264 e. The van der Waals surface area contributed by atoms with Gasteiger partial charge in [0, 0.05) is 18.7 Å². The number of anilines is 2. The number of aromatic nitrogens is 1. The molecule has 0 aliphatic carbocycles. The summed E-state index contributed by atoms with van der Waals surface area (Å²) in [6.45, 7) is 1.54. The molecule has 2 heterocycles. The highest BCUT2D eigenvalue weighted by molar-refractivity contribution is 7.92. The Labute approximate surface area is 219 Å². The second kappa shape index (κ2) is 10.2. The minimum atomic E-state index is -3.76. The van der Waals surface area contributed by atoms with E-state index in [4.69, 9.17) is 0 Å². The highest BCUT2D eigenvalue weighted by atomic mass is 32.2. The fraction of sp³-hybridized carbons (Fsp3) is 0.259. The highest BCUT2D eigenvalue weighted by Gasteiger charge is 2.31. The average molecular weight is 539 g/mol. The number of halogens is 1. The summed E-state index contributed by atoms with van der Waals surface area (Å²) < 4.78 is 43.1. The molecule has 7 nitrogen and oxygen atoms in total. The number of carbonyl (C=O) groups is 1. The molecule has 0 bridgehead atoms. The van der Waals surface area contributed by atoms with Gasteiger partial charge in [-0.15, -0.1) is 0 Å². The number of para-hydroxylation sites is 2. The fourth-order valence-corrected chi connectivity index (χ4v) is 6.97. The molecule has 0 fully saturated rings. The van der Waals surface area contributed by atoms with Crippen LogP contribution in [0.1, 0.15) is 22.3 Å². The first-order valence-corrected chi connectivity index (χ1v) is 14.2. The number of fused-ring (bicyclic) bond motifs is 2. The van der Waals surface area contributed by atoms with Crippen LogP contribution in [0.3, 0.4) is 0 Å². The number of hydrogen-bond acceptors (Lipinski definition) is 6. The van der Waals surface area contributed by atoms with E-state index in [9.17, 15) is 17.6 Å². The molecule has 0 saturated heterocycles. The predicted molar refractivity (Wildman–Crippen MR) is 146 cm³/mol. The third kappa shape index (κ3) is 4.96. The van der Waals surface area contributed by atoms with Gasteiger partial charge in [0.15, 0.2) is 5.13 Å². The van der Waals surface area contributed by atoms with Crippen molar-refractivity contribution in [2.45, 2.75) is 17.7 Å². The van der Waals surface area contributed by atoms with E-state index >= 15 is 0 Å². The van der Waals surface area contributed by atoms with Crippen molar-refractivity contribution in [2.24, 2.45) is 0 Å². The van der Waals surface area contributed by atoms with Gasteiger partial charge >= 0.3 is 0 Å². The minimum Gasteiger partial charge on any atom is -0.309 e. The summed E-state index contributed by atoms with van der Waals surface area (Å²) >= 11 is 1.26. The molecule has 1 aromatic heterocycles. The van der Waals surface area contributed by atoms with E-state index in [1.807, 2.05) is 43.3 Å². The van der Waals surface area contributed by atoms with Gasteiger partial charge < -0.3 is 4.90 Å². The number of amides is 1. The topological polar surface area (TPSA) is 73.8 Å². The Kier molecular flexibility index (Phi) is 6.98. The Morgan fingerprint density at radius 3 is 2.51 bits per heavy atom. The van der Waals surface area contributed by atoms with Crippen LogP contribution in [0.15, 0.2) is 71.6 Å². The Balaban J connectivity index is 1.43. The molecule has 0 atom stereocenters. The molecule has 0 unspecified atom stereocenters. The summed E-state index contributed by atoms with van der Waals surface area (Å²) in [5.41, 5.74) is 2.27. The van der Waals surface area contributed by atoms with E-state index in [2.05, 4.69) is 4.98 Å². The van der Waals surface area contributed by atoms with Gasteiger partial charge in [-0.3, -0.25) is 14.0 Å². The molecule has 0 spiro atoms. The third-order valence-corrected chi connectivity index (χ3v) is 9.23. The van der Waals surface area contributed by atoms with E-state index in [-0.39, 0.29) is 16.3 Å². The van der Waals surface area contributed by atoms with Crippen LogP contribution < -0.4 is 9.21 Å². The van der Waals surface area contributed by atoms with Gasteiger partial charge in [-0.1, -0.05) is 35.6 Å². The molecular weight excluding hydrogens is 511 g/mol. The molecular formula is C27H27FN4O3S2. The van der Waals surface area contributed by atoms with Gasteiger partial charge in [-0.2, -0.15) is 0 Å². The molecule has 3 aromatic carbocycles. The molecule has 37 heavy (non-hydrogen) atoms. The first kappa shape index (κ1) is 25.3. The monoisotopic (exact) mass is 538 g/mol. The summed E-state index contributed by atoms with van der Waals surface area (Å²) in [6.07, 6.45) is 1.36. The van der Waals surface area contributed by atoms with Crippen LogP contribution in [0.5, 0.6) is 0 Å². The van der Waals surface area contributed by atoms with Crippen LogP contribution >= 0.6 is 11.3 Å². The number of sulfonamides is 1. The van der Waals surface area contributed by atoms with Gasteiger partial charge in [-0.05, 0) is 81.5 Å². The maximum absolute atomic E-state index is 14.3. The fourth-order valence-electron chi connectivity index (χ4n) is 4.46. The van der Waals surface area contributed by atoms with Crippen LogP contribution in [-0.2, 0) is 16.4 Å². The second-order valence-corrected chi connectivity index (χ2v) is 12.0. The quantitative estimate of drug-likeness (QED) is 0.323. The van der Waals surface area contributed by atoms with Crippen LogP contribution in [0.2, 0.25) is 0 Å². The van der Waals surface area contributed by atoms with Crippen LogP contribution in [-0.4, -0.2) is 57.9 Å². The Morgan fingerprint density at radius 2 is 1.78 bits per heavy atom. The molecule has 192 valence electrons. The largest absolute Gasteiger partial charge is 0.309 e. The van der Waals surface area contributed by atoms with Gasteiger partial charge in [0.05, 0.1) is 15.3 Å². The lowest BCUT2D eigenvalue weighted by atomic mass is 10.2. The number of nitrogens with zero attached hydrogens (tertiary/aromatic N) is 4. The van der Waals surface area contributed by atoms with Crippen molar-refractivity contribution in [3.8, 4) is 0 Å². The molecule has 1 aliphatic rings. The Morgan fingerprint density at radius 1 is 1.03 bits per heavy atom. The standard InChI is InChI=1S/C27H27FN4O3S2/c1-30(2)16-6-17-31(27-29-25-22(28)8-5-10-24(25)36-27)26(33)20-11-13-21(14-12-20)37(34,35)32-18-15-19-7-3-4-9-23(19)32/h3-5,7-14H,6,15-18H2,1-2H3. The van der Waals surface area contributed by atoms with Crippen molar-refractivity contribution in [1.82, 2.24) is 9.88 Å². The van der Waals surface area contributed by atoms with Crippen molar-refractivity contribution in [1.29, 1.82) is 0 Å². The van der Waals surface area contributed by atoms with Crippen molar-refractivity contribution < 1.29 is 17.6 Å². The second-order valence-electron chi connectivity index (χ2n) is 9.18. The van der Waals surface area contributed by atoms with E-state index in [0.29, 0.717) is 47.0 Å². The smallest absolute Gasteiger partial charge is 0.264 e. The van der Waals surface area contributed by atoms with Crippen molar-refractivity contribution >= 4 is 48.3 Å². The first-order chi connectivity index (χ1) is 17.8. The molecule has 0 N–H and O–H groups in total. The molecule has 0 radical (unpaired) electrons. The van der Waals surface area contributed by atoms with Gasteiger partial charge in [-0.25, -0.2) is 17.8 Å². The average Bonchev–Trinajstić information content (AvgIpc) is 3.52. The maximum atomic E-state index is 14.3. The predicted octanol–water partition coefficient (Wildman–Crippen LogP) is 4.79. The van der Waals surface area contributed by atoms with E-state index in [0.717, 1.165) is 12.1 Å². The number of benzene rings is 3. The van der Waals surface area contributed by atoms with Crippen molar-refractivity contribution in [2.75, 3.05) is 42.9 Å². The Hall–Kier alpha value is -3.34. The summed E-state index contributed by atoms with van der Waals surface area (Å²) in [6, 6.07) is 18.2. The first-order valence-electron chi connectivity index (χ1n) is 12.0. The van der Waals surface area contributed by atoms with Crippen molar-refractivity contribution in [3.63, 3.8) is 0 Å². The summed E-state index contributed by atoms with van der Waals surface area (Å²) in [5.74, 6) is -0.743. The zero-order valence-electron chi connectivity index (χ0n) is 20.6. The zero-order chi connectivity index (χ0) is 26.2. The van der Waals surface area contributed by atoms with E-state index < -0.39 is 15.8 Å². The number of carbonyl (C=O) groups excluding carboxylic acids is 1. The lowest BCUT2D eigenvalue weighted by Crippen LogP contribution is -2.33. The van der Waals surface area contributed by atoms with Crippen LogP contribution in [0.25, 0.3) is 10.2 Å². The van der Waals surface area contributed by atoms with E-state index in [1.165, 1.54) is 46.0 Å². The van der Waals surface area contributed by atoms with Gasteiger partial charge in [0.1, 0.15) is 11.3 Å². The number of hydrogen-bond donors (Lipinski definition) is 0. The lowest BCUT2D eigenvalue weighted by molar-refractivity contribution is 0.0986. The summed E-state index contributed by atoms with van der Waals surface area (Å²) in [5, 5.41) is 0.411. The summed E-state index contributed by atoms with van der Waals surface area (Å²) in [7, 11) is 0.149. The molecule has 10 heteroatoms. The molecule has 5 rings (SSSR count). The van der Waals surface area contributed by atoms with E-state index in [1.54, 1.807) is 17.0 Å². The van der Waals surface area contributed by atoms with Gasteiger partial charge in [0.2, 0.25) is 0 Å². The molecule has 1 amide bonds. The van der Waals surface area contributed by atoms with Gasteiger partial charge in [0.25, 0.3) is 15.9 Å². The summed E-state index contributed by atoms with van der Waals surface area (Å²) in [4.78, 5) is 21.7. The molecule has 1 aliphatic heterocycles. The third-order valence-electron chi connectivity index (χ3n) is 6.36. The zero-order valence-corrected chi connectivity index (χ0v) is 22.2. The van der Waals surface area contributed by atoms with Crippen LogP contribution in [0, 0.1) is 5.82 Å². The molecule has 4 aromatic rings. The Bertz CT molecular complexity index is 1550. The number of rotatable bonds is 8. The number of thiazole rings is 1. The lowest BCUT2D eigenvalue weighted by Gasteiger charge is -2.22. The highest BCUT2D eigenvalue weighted by Crippen LogP contribution is 2.34.